The molecule has 0 spiro atoms. The predicted molar refractivity (Wildman–Crippen MR) is 90.3 cm³/mol. The zero-order chi connectivity index (χ0) is 14.8. The number of rotatable bonds is 6. The minimum atomic E-state index is 0.745. The smallest absolute Gasteiger partial charge is 0.185 e. The minimum Gasteiger partial charge on any atom is -0.351 e. The van der Waals surface area contributed by atoms with Gasteiger partial charge >= 0.3 is 0 Å². The van der Waals surface area contributed by atoms with E-state index < -0.39 is 0 Å². The average Bonchev–Trinajstić information content (AvgIpc) is 3.23. The van der Waals surface area contributed by atoms with Gasteiger partial charge in [-0.3, -0.25) is 0 Å². The second-order valence-electron chi connectivity index (χ2n) is 6.74. The molecule has 3 rings (SSSR count). The molecule has 1 saturated heterocycles. The highest BCUT2D eigenvalue weighted by Crippen LogP contribution is 2.44. The van der Waals surface area contributed by atoms with Gasteiger partial charge in [0, 0.05) is 30.9 Å². The molecule has 2 heterocycles. The lowest BCUT2D eigenvalue weighted by Crippen LogP contribution is -2.35. The molecule has 0 atom stereocenters. The molecule has 0 bridgehead atoms. The van der Waals surface area contributed by atoms with Crippen molar-refractivity contribution in [3.05, 3.63) is 10.6 Å². The number of nitrogens with one attached hydrogen (secondary N) is 1. The fourth-order valence-corrected chi connectivity index (χ4v) is 4.32. The largest absolute Gasteiger partial charge is 0.351 e. The minimum absolute atomic E-state index is 0.745. The molecule has 5 heteroatoms. The van der Waals surface area contributed by atoms with E-state index in [1.165, 1.54) is 54.5 Å². The van der Waals surface area contributed by atoms with Crippen molar-refractivity contribution in [3.63, 3.8) is 0 Å². The number of aromatic nitrogens is 1. The van der Waals surface area contributed by atoms with Crippen molar-refractivity contribution >= 4 is 16.5 Å². The molecule has 1 N–H and O–H groups in total. The Morgan fingerprint density at radius 1 is 1.29 bits per heavy atom. The molecule has 2 fully saturated rings. The van der Waals surface area contributed by atoms with E-state index >= 15 is 0 Å². The fraction of sp³-hybridized carbons (Fsp3) is 0.812. The molecule has 1 aromatic rings. The zero-order valence-corrected chi connectivity index (χ0v) is 14.4. The first-order valence-electron chi connectivity index (χ1n) is 8.21. The van der Waals surface area contributed by atoms with Crippen LogP contribution in [-0.2, 0) is 6.54 Å². The molecule has 2 aliphatic rings. The Morgan fingerprint density at radius 3 is 2.62 bits per heavy atom. The normalized spacial score (nSPS) is 20.9. The third-order valence-corrected chi connectivity index (χ3v) is 5.90. The van der Waals surface area contributed by atoms with E-state index in [-0.39, 0.29) is 0 Å². The standard InChI is InChI=1S/C16H28N4S/c1-17-10-14-15(13-4-5-13)18-16(21-14)20(3)11-12-6-8-19(2)9-7-12/h12-13,17H,4-11H2,1-3H3. The number of thiazole rings is 1. The van der Waals surface area contributed by atoms with Crippen molar-refractivity contribution in [3.8, 4) is 0 Å². The zero-order valence-electron chi connectivity index (χ0n) is 13.6. The van der Waals surface area contributed by atoms with Gasteiger partial charge in [-0.1, -0.05) is 0 Å². The van der Waals surface area contributed by atoms with E-state index in [1.807, 2.05) is 18.4 Å². The van der Waals surface area contributed by atoms with E-state index in [1.54, 1.807) is 0 Å². The van der Waals surface area contributed by atoms with Crippen LogP contribution in [0.3, 0.4) is 0 Å². The summed E-state index contributed by atoms with van der Waals surface area (Å²) in [5, 5.41) is 4.52. The summed E-state index contributed by atoms with van der Waals surface area (Å²) in [5.74, 6) is 1.57. The number of hydrogen-bond donors (Lipinski definition) is 1. The van der Waals surface area contributed by atoms with Crippen LogP contribution in [0, 0.1) is 5.92 Å². The third kappa shape index (κ3) is 3.76. The van der Waals surface area contributed by atoms with Crippen LogP contribution in [0.5, 0.6) is 0 Å². The van der Waals surface area contributed by atoms with E-state index in [9.17, 15) is 0 Å². The molecule has 0 aromatic carbocycles. The number of nitrogens with zero attached hydrogens (tertiary/aromatic N) is 3. The summed E-state index contributed by atoms with van der Waals surface area (Å²) in [4.78, 5) is 11.2. The van der Waals surface area contributed by atoms with Crippen LogP contribution in [0.1, 0.15) is 42.2 Å². The molecule has 118 valence electrons. The molecule has 1 aliphatic heterocycles. The van der Waals surface area contributed by atoms with Crippen LogP contribution >= 0.6 is 11.3 Å². The summed E-state index contributed by atoms with van der Waals surface area (Å²) < 4.78 is 0. The summed E-state index contributed by atoms with van der Waals surface area (Å²) in [6, 6.07) is 0. The Hall–Kier alpha value is -0.650. The second kappa shape index (κ2) is 6.63. The van der Waals surface area contributed by atoms with Crippen LogP contribution < -0.4 is 10.2 Å². The molecule has 1 saturated carbocycles. The van der Waals surface area contributed by atoms with Gasteiger partial charge in [0.1, 0.15) is 0 Å². The lowest BCUT2D eigenvalue weighted by molar-refractivity contribution is 0.222. The first-order valence-corrected chi connectivity index (χ1v) is 9.03. The fourth-order valence-electron chi connectivity index (χ4n) is 3.19. The maximum Gasteiger partial charge on any atom is 0.185 e. The molecular formula is C16H28N4S. The monoisotopic (exact) mass is 308 g/mol. The van der Waals surface area contributed by atoms with Crippen molar-refractivity contribution in [2.75, 3.05) is 45.7 Å². The van der Waals surface area contributed by atoms with Gasteiger partial charge in [-0.2, -0.15) is 0 Å². The highest BCUT2D eigenvalue weighted by Gasteiger charge is 2.30. The lowest BCUT2D eigenvalue weighted by Gasteiger charge is -2.31. The topological polar surface area (TPSA) is 31.4 Å². The van der Waals surface area contributed by atoms with Crippen molar-refractivity contribution in [2.45, 2.75) is 38.1 Å². The van der Waals surface area contributed by atoms with Crippen molar-refractivity contribution < 1.29 is 0 Å². The number of likely N-dealkylation sites (tertiary alicyclic amines) is 1. The summed E-state index contributed by atoms with van der Waals surface area (Å²) in [7, 11) is 6.47. The molecule has 0 radical (unpaired) electrons. The van der Waals surface area contributed by atoms with Gasteiger partial charge in [-0.15, -0.1) is 11.3 Å². The molecule has 0 amide bonds. The van der Waals surface area contributed by atoms with Gasteiger partial charge in [0.15, 0.2) is 5.13 Å². The first kappa shape index (κ1) is 15.3. The van der Waals surface area contributed by atoms with Crippen LogP contribution in [0.4, 0.5) is 5.13 Å². The van der Waals surface area contributed by atoms with Gasteiger partial charge in [-0.05, 0) is 58.8 Å². The van der Waals surface area contributed by atoms with Crippen LogP contribution in [0.15, 0.2) is 0 Å². The molecular weight excluding hydrogens is 280 g/mol. The highest BCUT2D eigenvalue weighted by molar-refractivity contribution is 7.15. The summed E-state index contributed by atoms with van der Waals surface area (Å²) >= 11 is 1.89. The van der Waals surface area contributed by atoms with E-state index in [0.717, 1.165) is 24.9 Å². The summed E-state index contributed by atoms with van der Waals surface area (Å²) in [6.07, 6.45) is 5.31. The van der Waals surface area contributed by atoms with Crippen LogP contribution in [0.2, 0.25) is 0 Å². The molecule has 21 heavy (non-hydrogen) atoms. The number of piperidine rings is 1. The van der Waals surface area contributed by atoms with Crippen molar-refractivity contribution in [1.82, 2.24) is 15.2 Å². The average molecular weight is 308 g/mol. The number of hydrogen-bond acceptors (Lipinski definition) is 5. The van der Waals surface area contributed by atoms with Gasteiger partial charge in [0.2, 0.25) is 0 Å². The van der Waals surface area contributed by atoms with Crippen LogP contribution in [-0.4, -0.2) is 50.7 Å². The van der Waals surface area contributed by atoms with Crippen molar-refractivity contribution in [2.24, 2.45) is 5.92 Å². The highest BCUT2D eigenvalue weighted by atomic mass is 32.1. The second-order valence-corrected chi connectivity index (χ2v) is 7.80. The maximum absolute atomic E-state index is 4.97. The Labute approximate surface area is 132 Å². The molecule has 1 aliphatic carbocycles. The number of anilines is 1. The summed E-state index contributed by atoms with van der Waals surface area (Å²) in [5.41, 5.74) is 1.37. The maximum atomic E-state index is 4.97. The Balaban J connectivity index is 1.63. The van der Waals surface area contributed by atoms with Gasteiger partial charge < -0.3 is 15.1 Å². The Kier molecular flexibility index (Phi) is 4.82. The van der Waals surface area contributed by atoms with Gasteiger partial charge in [-0.25, -0.2) is 4.98 Å². The van der Waals surface area contributed by atoms with E-state index in [4.69, 9.17) is 4.98 Å². The third-order valence-electron chi connectivity index (χ3n) is 4.71. The van der Waals surface area contributed by atoms with Gasteiger partial charge in [0.05, 0.1) is 5.69 Å². The van der Waals surface area contributed by atoms with Crippen molar-refractivity contribution in [1.29, 1.82) is 0 Å². The Bertz CT molecular complexity index is 461. The predicted octanol–water partition coefficient (Wildman–Crippen LogP) is 2.52. The quantitative estimate of drug-likeness (QED) is 0.875. The molecule has 1 aromatic heterocycles. The SMILES string of the molecule is CNCc1sc(N(C)CC2CCN(C)CC2)nc1C1CC1. The lowest BCUT2D eigenvalue weighted by atomic mass is 9.97. The Morgan fingerprint density at radius 2 is 2.00 bits per heavy atom. The molecule has 4 nitrogen and oxygen atoms in total. The van der Waals surface area contributed by atoms with E-state index in [2.05, 4.69) is 29.2 Å². The summed E-state index contributed by atoms with van der Waals surface area (Å²) in [6.45, 7) is 4.61. The van der Waals surface area contributed by atoms with E-state index in [0.29, 0.717) is 0 Å². The van der Waals surface area contributed by atoms with Gasteiger partial charge in [0.25, 0.3) is 0 Å². The first-order chi connectivity index (χ1) is 10.2. The molecule has 0 unspecified atom stereocenters. The van der Waals surface area contributed by atoms with Crippen LogP contribution in [0.25, 0.3) is 0 Å².